The van der Waals surface area contributed by atoms with E-state index in [1.807, 2.05) is 0 Å². The molecule has 1 aliphatic heterocycles. The lowest BCUT2D eigenvalue weighted by Crippen LogP contribution is -2.40. The fourth-order valence-corrected chi connectivity index (χ4v) is 3.59. The van der Waals surface area contributed by atoms with Gasteiger partial charge < -0.3 is 9.80 Å². The number of hydrogen-bond acceptors (Lipinski definition) is 2. The molecule has 2 aromatic rings. The number of hydrogen-bond donors (Lipinski definition) is 0. The second-order valence-electron chi connectivity index (χ2n) is 7.37. The van der Waals surface area contributed by atoms with Crippen LogP contribution in [0, 0.1) is 12.7 Å². The summed E-state index contributed by atoms with van der Waals surface area (Å²) in [6.07, 6.45) is -10.2. The standard InChI is InChI=1S/C21H19F7N2O/c1-12-16(20(23,24)25)11-17(21(26,27)28)15(19(12)30-8-3-9-30)10-18(31)29(2)14-6-4-13(22)5-7-14/h4-7,11H,3,8-10H2,1-2H3. The highest BCUT2D eigenvalue weighted by Gasteiger charge is 2.43. The Morgan fingerprint density at radius 1 is 1.00 bits per heavy atom. The zero-order chi connectivity index (χ0) is 23.1. The van der Waals surface area contributed by atoms with Crippen molar-refractivity contribution in [2.24, 2.45) is 0 Å². The minimum atomic E-state index is -5.09. The van der Waals surface area contributed by atoms with Gasteiger partial charge in [-0.1, -0.05) is 0 Å². The molecule has 1 heterocycles. The van der Waals surface area contributed by atoms with E-state index in [0.717, 1.165) is 24.0 Å². The molecule has 3 nitrogen and oxygen atoms in total. The molecule has 0 atom stereocenters. The van der Waals surface area contributed by atoms with Crippen molar-refractivity contribution < 1.29 is 35.5 Å². The molecule has 0 aliphatic carbocycles. The zero-order valence-electron chi connectivity index (χ0n) is 16.7. The first-order chi connectivity index (χ1) is 14.3. The van der Waals surface area contributed by atoms with Crippen LogP contribution in [0.3, 0.4) is 0 Å². The minimum absolute atomic E-state index is 0.0825. The number of carbonyl (C=O) groups is 1. The van der Waals surface area contributed by atoms with Crippen molar-refractivity contribution in [2.45, 2.75) is 32.1 Å². The number of amides is 1. The van der Waals surface area contributed by atoms with E-state index in [-0.39, 0.29) is 23.0 Å². The van der Waals surface area contributed by atoms with Crippen LogP contribution < -0.4 is 9.80 Å². The second-order valence-corrected chi connectivity index (χ2v) is 7.37. The molecular weight excluding hydrogens is 429 g/mol. The SMILES string of the molecule is Cc1c(C(F)(F)F)cc(C(F)(F)F)c(CC(=O)N(C)c2ccc(F)cc2)c1N1CCC1. The van der Waals surface area contributed by atoms with E-state index in [4.69, 9.17) is 0 Å². The smallest absolute Gasteiger partial charge is 0.371 e. The number of anilines is 2. The summed E-state index contributed by atoms with van der Waals surface area (Å²) in [7, 11) is 1.31. The lowest BCUT2D eigenvalue weighted by atomic mass is 9.91. The summed E-state index contributed by atoms with van der Waals surface area (Å²) in [5.74, 6) is -1.32. The molecule has 168 valence electrons. The van der Waals surface area contributed by atoms with Gasteiger partial charge >= 0.3 is 12.4 Å². The van der Waals surface area contributed by atoms with Crippen LogP contribution in [0.5, 0.6) is 0 Å². The second kappa shape index (κ2) is 8.05. The molecule has 1 aliphatic rings. The normalized spacial score (nSPS) is 14.4. The average Bonchev–Trinajstić information content (AvgIpc) is 2.60. The molecule has 0 spiro atoms. The molecule has 31 heavy (non-hydrogen) atoms. The van der Waals surface area contributed by atoms with Crippen LogP contribution in [-0.2, 0) is 23.6 Å². The summed E-state index contributed by atoms with van der Waals surface area (Å²) in [4.78, 5) is 15.3. The maximum Gasteiger partial charge on any atom is 0.416 e. The van der Waals surface area contributed by atoms with Crippen LogP contribution in [0.25, 0.3) is 0 Å². The molecule has 0 unspecified atom stereocenters. The molecule has 0 aromatic heterocycles. The van der Waals surface area contributed by atoms with Crippen LogP contribution >= 0.6 is 0 Å². The van der Waals surface area contributed by atoms with Gasteiger partial charge in [-0.25, -0.2) is 4.39 Å². The van der Waals surface area contributed by atoms with E-state index in [0.29, 0.717) is 19.5 Å². The van der Waals surface area contributed by atoms with Gasteiger partial charge in [0.15, 0.2) is 0 Å². The third-order valence-electron chi connectivity index (χ3n) is 5.36. The summed E-state index contributed by atoms with van der Waals surface area (Å²) >= 11 is 0. The van der Waals surface area contributed by atoms with Crippen LogP contribution in [0.2, 0.25) is 0 Å². The summed E-state index contributed by atoms with van der Waals surface area (Å²) in [6.45, 7) is 1.72. The Hall–Kier alpha value is -2.78. The van der Waals surface area contributed by atoms with Crippen molar-refractivity contribution in [3.05, 3.63) is 58.4 Å². The van der Waals surface area contributed by atoms with Gasteiger partial charge in [0.25, 0.3) is 0 Å². The van der Waals surface area contributed by atoms with E-state index in [1.165, 1.54) is 24.1 Å². The predicted octanol–water partition coefficient (Wildman–Crippen LogP) is 5.59. The van der Waals surface area contributed by atoms with E-state index >= 15 is 0 Å². The Balaban J connectivity index is 2.12. The quantitative estimate of drug-likeness (QED) is 0.570. The van der Waals surface area contributed by atoms with Crippen molar-refractivity contribution in [3.63, 3.8) is 0 Å². The molecule has 0 N–H and O–H groups in total. The van der Waals surface area contributed by atoms with E-state index in [1.54, 1.807) is 0 Å². The Bertz CT molecular complexity index is 977. The van der Waals surface area contributed by atoms with Gasteiger partial charge in [-0.2, -0.15) is 26.3 Å². The summed E-state index contributed by atoms with van der Waals surface area (Å²) in [5.41, 5.74) is -3.63. The zero-order valence-corrected chi connectivity index (χ0v) is 16.7. The first-order valence-corrected chi connectivity index (χ1v) is 9.38. The van der Waals surface area contributed by atoms with Crippen molar-refractivity contribution >= 4 is 17.3 Å². The Labute approximate surface area is 174 Å². The molecule has 0 radical (unpaired) electrons. The summed E-state index contributed by atoms with van der Waals surface area (Å²) in [5, 5.41) is 0. The largest absolute Gasteiger partial charge is 0.416 e. The topological polar surface area (TPSA) is 23.6 Å². The molecule has 0 bridgehead atoms. The number of likely N-dealkylation sites (N-methyl/N-ethyl adjacent to an activating group) is 1. The number of rotatable bonds is 4. The van der Waals surface area contributed by atoms with Gasteiger partial charge in [0.2, 0.25) is 5.91 Å². The van der Waals surface area contributed by atoms with Crippen molar-refractivity contribution in [1.29, 1.82) is 0 Å². The monoisotopic (exact) mass is 448 g/mol. The molecule has 3 rings (SSSR count). The number of nitrogens with zero attached hydrogens (tertiary/aromatic N) is 2. The molecule has 1 fully saturated rings. The Morgan fingerprint density at radius 2 is 1.55 bits per heavy atom. The van der Waals surface area contributed by atoms with Gasteiger partial charge in [0, 0.05) is 31.5 Å². The Morgan fingerprint density at radius 3 is 2.00 bits per heavy atom. The van der Waals surface area contributed by atoms with Crippen molar-refractivity contribution in [2.75, 3.05) is 29.9 Å². The molecule has 1 saturated heterocycles. The molecule has 0 saturated carbocycles. The van der Waals surface area contributed by atoms with Gasteiger partial charge in [0.05, 0.1) is 17.5 Å². The van der Waals surface area contributed by atoms with Gasteiger partial charge in [-0.3, -0.25) is 4.79 Å². The van der Waals surface area contributed by atoms with Crippen molar-refractivity contribution in [1.82, 2.24) is 0 Å². The van der Waals surface area contributed by atoms with Gasteiger partial charge in [-0.05, 0) is 54.8 Å². The van der Waals surface area contributed by atoms with E-state index in [9.17, 15) is 35.5 Å². The molecular formula is C21H19F7N2O. The van der Waals surface area contributed by atoms with Crippen LogP contribution in [0.1, 0.15) is 28.7 Å². The van der Waals surface area contributed by atoms with Crippen molar-refractivity contribution in [3.8, 4) is 0 Å². The molecule has 2 aromatic carbocycles. The first-order valence-electron chi connectivity index (χ1n) is 9.38. The lowest BCUT2D eigenvalue weighted by Gasteiger charge is -2.38. The lowest BCUT2D eigenvalue weighted by molar-refractivity contribution is -0.143. The molecule has 1 amide bonds. The highest BCUT2D eigenvalue weighted by molar-refractivity contribution is 5.95. The van der Waals surface area contributed by atoms with Gasteiger partial charge in [-0.15, -0.1) is 0 Å². The van der Waals surface area contributed by atoms with Crippen LogP contribution in [-0.4, -0.2) is 26.0 Å². The van der Waals surface area contributed by atoms with Crippen LogP contribution in [0.4, 0.5) is 42.1 Å². The fraction of sp³-hybridized carbons (Fsp3) is 0.381. The van der Waals surface area contributed by atoms with Crippen LogP contribution in [0.15, 0.2) is 30.3 Å². The van der Waals surface area contributed by atoms with Gasteiger partial charge in [0.1, 0.15) is 5.82 Å². The van der Waals surface area contributed by atoms with E-state index in [2.05, 4.69) is 0 Å². The number of carbonyl (C=O) groups excluding carboxylic acids is 1. The highest BCUT2D eigenvalue weighted by Crippen LogP contribution is 2.45. The Kier molecular flexibility index (Phi) is 5.94. The van der Waals surface area contributed by atoms with E-state index < -0.39 is 47.2 Å². The first kappa shape index (κ1) is 22.9. The summed E-state index contributed by atoms with van der Waals surface area (Å²) in [6, 6.07) is 4.83. The maximum atomic E-state index is 13.8. The highest BCUT2D eigenvalue weighted by atomic mass is 19.4. The number of benzene rings is 2. The average molecular weight is 448 g/mol. The third kappa shape index (κ3) is 4.62. The molecule has 10 heteroatoms. The maximum absolute atomic E-state index is 13.8. The fourth-order valence-electron chi connectivity index (χ4n) is 3.59. The number of alkyl halides is 6. The predicted molar refractivity (Wildman–Crippen MR) is 102 cm³/mol. The number of halogens is 7. The summed E-state index contributed by atoms with van der Waals surface area (Å²) < 4.78 is 94.9. The minimum Gasteiger partial charge on any atom is -0.371 e. The third-order valence-corrected chi connectivity index (χ3v) is 5.36.